The predicted molar refractivity (Wildman–Crippen MR) is 108 cm³/mol. The third kappa shape index (κ3) is 4.65. The molecule has 0 unspecified atom stereocenters. The number of hydrogen-bond acceptors (Lipinski definition) is 6. The van der Waals surface area contributed by atoms with Crippen LogP contribution in [0.5, 0.6) is 0 Å². The minimum Gasteiger partial charge on any atom is -0.454 e. The molecule has 1 atom stereocenters. The van der Waals surface area contributed by atoms with E-state index in [2.05, 4.69) is 4.98 Å². The van der Waals surface area contributed by atoms with Gasteiger partial charge in [-0.25, -0.2) is 0 Å². The third-order valence-corrected chi connectivity index (χ3v) is 5.58. The normalized spacial score (nSPS) is 11.9. The number of H-pyrrole nitrogens is 1. The molecule has 2 rings (SSSR count). The highest BCUT2D eigenvalue weighted by Gasteiger charge is 2.26. The van der Waals surface area contributed by atoms with Gasteiger partial charge in [0.1, 0.15) is 0 Å². The summed E-state index contributed by atoms with van der Waals surface area (Å²) < 4.78 is 5.21. The van der Waals surface area contributed by atoms with E-state index in [-0.39, 0.29) is 30.1 Å². The highest BCUT2D eigenvalue weighted by Crippen LogP contribution is 2.23. The lowest BCUT2D eigenvalue weighted by Crippen LogP contribution is -2.25. The maximum Gasteiger partial charge on any atom is 0.306 e. The number of rotatable bonds is 8. The van der Waals surface area contributed by atoms with E-state index in [0.717, 1.165) is 9.75 Å². The molecule has 2 heterocycles. The van der Waals surface area contributed by atoms with Crippen molar-refractivity contribution in [1.29, 1.82) is 0 Å². The second-order valence-corrected chi connectivity index (χ2v) is 8.39. The average Bonchev–Trinajstić information content (AvgIpc) is 3.09. The first-order valence-electron chi connectivity index (χ1n) is 9.07. The van der Waals surface area contributed by atoms with E-state index in [1.807, 2.05) is 19.9 Å². The maximum absolute atomic E-state index is 12.6. The summed E-state index contributed by atoms with van der Waals surface area (Å²) in [4.78, 5) is 53.6. The van der Waals surface area contributed by atoms with E-state index in [1.54, 1.807) is 25.2 Å². The van der Waals surface area contributed by atoms with Crippen molar-refractivity contribution in [3.8, 4) is 0 Å². The zero-order valence-corrected chi connectivity index (χ0v) is 17.8. The number of aryl methyl sites for hydroxylation is 3. The van der Waals surface area contributed by atoms with Crippen molar-refractivity contribution in [2.45, 2.75) is 60.5 Å². The molecule has 0 saturated carbocycles. The van der Waals surface area contributed by atoms with E-state index in [0.29, 0.717) is 22.4 Å². The monoisotopic (exact) mass is 403 g/mol. The van der Waals surface area contributed by atoms with Gasteiger partial charge < -0.3 is 9.72 Å². The van der Waals surface area contributed by atoms with E-state index in [9.17, 15) is 19.2 Å². The average molecular weight is 404 g/mol. The largest absolute Gasteiger partial charge is 0.454 e. The van der Waals surface area contributed by atoms with Crippen molar-refractivity contribution in [2.24, 2.45) is 0 Å². The molecule has 0 amide bonds. The summed E-state index contributed by atoms with van der Waals surface area (Å²) in [7, 11) is 0. The second-order valence-electron chi connectivity index (χ2n) is 6.93. The Labute approximate surface area is 168 Å². The molecule has 2 aromatic heterocycles. The Morgan fingerprint density at radius 1 is 1.11 bits per heavy atom. The highest BCUT2D eigenvalue weighted by molar-refractivity contribution is 7.12. The van der Waals surface area contributed by atoms with Crippen LogP contribution in [0.15, 0.2) is 6.07 Å². The molecule has 7 heteroatoms. The van der Waals surface area contributed by atoms with Gasteiger partial charge >= 0.3 is 5.97 Å². The molecule has 0 aliphatic rings. The number of aromatic nitrogens is 1. The standard InChI is InChI=1S/C21H25NO5S/c1-10-9-16(15(6)28-10)17(24)7-8-18(25)27-14(5)21(26)20-11(2)19(13(4)23)12(3)22-20/h9,14,22H,7-8H2,1-6H3/t14-/m1/s1. The van der Waals surface area contributed by atoms with Gasteiger partial charge in [0.25, 0.3) is 0 Å². The summed E-state index contributed by atoms with van der Waals surface area (Å²) in [5.74, 6) is -1.25. The molecule has 150 valence electrons. The number of aromatic amines is 1. The van der Waals surface area contributed by atoms with Crippen LogP contribution >= 0.6 is 11.3 Å². The SMILES string of the molecule is CC(=O)c1c(C)[nH]c(C(=O)[C@@H](C)OC(=O)CCC(=O)c2cc(C)sc2C)c1C. The fourth-order valence-electron chi connectivity index (χ4n) is 3.30. The number of carbonyl (C=O) groups excluding carboxylic acids is 4. The Bertz CT molecular complexity index is 950. The summed E-state index contributed by atoms with van der Waals surface area (Å²) in [5, 5.41) is 0. The molecule has 2 aromatic rings. The predicted octanol–water partition coefficient (Wildman–Crippen LogP) is 4.29. The number of carbonyl (C=O) groups is 4. The van der Waals surface area contributed by atoms with Gasteiger partial charge in [0.2, 0.25) is 5.78 Å². The lowest BCUT2D eigenvalue weighted by molar-refractivity contribution is -0.146. The van der Waals surface area contributed by atoms with Crippen molar-refractivity contribution < 1.29 is 23.9 Å². The van der Waals surface area contributed by atoms with Gasteiger partial charge in [-0.3, -0.25) is 19.2 Å². The maximum atomic E-state index is 12.6. The topological polar surface area (TPSA) is 93.3 Å². The Morgan fingerprint density at radius 3 is 2.25 bits per heavy atom. The fourth-order valence-corrected chi connectivity index (χ4v) is 4.24. The molecule has 6 nitrogen and oxygen atoms in total. The van der Waals surface area contributed by atoms with Crippen LogP contribution in [0.1, 0.15) is 78.9 Å². The van der Waals surface area contributed by atoms with Crippen LogP contribution in [-0.2, 0) is 9.53 Å². The van der Waals surface area contributed by atoms with Crippen molar-refractivity contribution in [1.82, 2.24) is 4.98 Å². The van der Waals surface area contributed by atoms with Gasteiger partial charge in [-0.2, -0.15) is 0 Å². The number of ether oxygens (including phenoxy) is 1. The van der Waals surface area contributed by atoms with E-state index in [1.165, 1.54) is 13.8 Å². The van der Waals surface area contributed by atoms with Crippen LogP contribution in [0.2, 0.25) is 0 Å². The van der Waals surface area contributed by atoms with Gasteiger partial charge in [-0.1, -0.05) is 0 Å². The van der Waals surface area contributed by atoms with Crippen LogP contribution in [-0.4, -0.2) is 34.4 Å². The van der Waals surface area contributed by atoms with Crippen molar-refractivity contribution >= 4 is 34.7 Å². The molecule has 0 bridgehead atoms. The van der Waals surface area contributed by atoms with Crippen LogP contribution in [0.3, 0.4) is 0 Å². The first kappa shape index (κ1) is 21.8. The first-order chi connectivity index (χ1) is 13.0. The Kier molecular flexibility index (Phi) is 6.72. The molecule has 0 aliphatic heterocycles. The van der Waals surface area contributed by atoms with Gasteiger partial charge in [0.05, 0.1) is 12.1 Å². The lowest BCUT2D eigenvalue weighted by atomic mass is 10.0. The lowest BCUT2D eigenvalue weighted by Gasteiger charge is -2.12. The molecular formula is C21H25NO5S. The zero-order chi connectivity index (χ0) is 21.2. The van der Waals surface area contributed by atoms with E-state index >= 15 is 0 Å². The number of Topliss-reactive ketones (excluding diaryl/α,β-unsaturated/α-hetero) is 3. The van der Waals surface area contributed by atoms with Gasteiger partial charge in [0.15, 0.2) is 17.7 Å². The minimum absolute atomic E-state index is 0.0336. The number of ketones is 3. The Morgan fingerprint density at radius 2 is 1.75 bits per heavy atom. The van der Waals surface area contributed by atoms with Crippen LogP contribution in [0.25, 0.3) is 0 Å². The van der Waals surface area contributed by atoms with Crippen molar-refractivity contribution in [2.75, 3.05) is 0 Å². The number of thiophene rings is 1. The molecule has 0 aliphatic carbocycles. The summed E-state index contributed by atoms with van der Waals surface area (Å²) in [5.41, 5.74) is 2.54. The Hall–Kier alpha value is -2.54. The summed E-state index contributed by atoms with van der Waals surface area (Å²) in [6.07, 6.45) is -1.07. The molecule has 28 heavy (non-hydrogen) atoms. The highest BCUT2D eigenvalue weighted by atomic mass is 32.1. The minimum atomic E-state index is -1.01. The third-order valence-electron chi connectivity index (χ3n) is 4.61. The van der Waals surface area contributed by atoms with Crippen LogP contribution in [0.4, 0.5) is 0 Å². The van der Waals surface area contributed by atoms with Crippen molar-refractivity contribution in [3.05, 3.63) is 43.9 Å². The molecule has 0 radical (unpaired) electrons. The summed E-state index contributed by atoms with van der Waals surface area (Å²) in [6.45, 7) is 10.1. The quantitative estimate of drug-likeness (QED) is 0.524. The molecule has 0 aromatic carbocycles. The summed E-state index contributed by atoms with van der Waals surface area (Å²) in [6, 6.07) is 1.82. The number of hydrogen-bond donors (Lipinski definition) is 1. The smallest absolute Gasteiger partial charge is 0.306 e. The second kappa shape index (κ2) is 8.65. The first-order valence-corrected chi connectivity index (χ1v) is 9.88. The van der Waals surface area contributed by atoms with Crippen LogP contribution in [0, 0.1) is 27.7 Å². The van der Waals surface area contributed by atoms with Crippen molar-refractivity contribution in [3.63, 3.8) is 0 Å². The van der Waals surface area contributed by atoms with Gasteiger partial charge in [0, 0.05) is 33.0 Å². The zero-order valence-electron chi connectivity index (χ0n) is 17.0. The molecule has 1 N–H and O–H groups in total. The van der Waals surface area contributed by atoms with Gasteiger partial charge in [-0.05, 0) is 53.2 Å². The summed E-state index contributed by atoms with van der Waals surface area (Å²) >= 11 is 1.54. The number of nitrogens with one attached hydrogen (secondary N) is 1. The molecule has 0 fully saturated rings. The van der Waals surface area contributed by atoms with E-state index in [4.69, 9.17) is 4.74 Å². The van der Waals surface area contributed by atoms with E-state index < -0.39 is 17.9 Å². The molecule has 0 saturated heterocycles. The molecular weight excluding hydrogens is 378 g/mol. The number of esters is 1. The fraction of sp³-hybridized carbons (Fsp3) is 0.429. The molecule has 0 spiro atoms. The van der Waals surface area contributed by atoms with Gasteiger partial charge in [-0.15, -0.1) is 11.3 Å². The van der Waals surface area contributed by atoms with Crippen LogP contribution < -0.4 is 0 Å². The Balaban J connectivity index is 1.98.